The van der Waals surface area contributed by atoms with Crippen molar-refractivity contribution in [2.24, 2.45) is 10.7 Å². The molecule has 1 fully saturated rings. The molecule has 1 aliphatic heterocycles. The van der Waals surface area contributed by atoms with E-state index >= 15 is 0 Å². The van der Waals surface area contributed by atoms with Crippen LogP contribution in [-0.4, -0.2) is 42.6 Å². The Morgan fingerprint density at radius 2 is 1.94 bits per heavy atom. The maximum absolute atomic E-state index is 5.78. The van der Waals surface area contributed by atoms with Crippen LogP contribution in [0.2, 0.25) is 0 Å². The summed E-state index contributed by atoms with van der Waals surface area (Å²) >= 11 is 0. The normalized spacial score (nSPS) is 19.1. The van der Waals surface area contributed by atoms with Gasteiger partial charge in [0.1, 0.15) is 0 Å². The van der Waals surface area contributed by atoms with Crippen LogP contribution in [0.15, 0.2) is 4.99 Å². The van der Waals surface area contributed by atoms with Crippen LogP contribution in [0.25, 0.3) is 0 Å². The SMILES string of the molecule is CC(C)(C)NC(N)=NCCCN1CCCC1. The topological polar surface area (TPSA) is 53.6 Å². The lowest BCUT2D eigenvalue weighted by Gasteiger charge is -2.21. The van der Waals surface area contributed by atoms with E-state index in [2.05, 4.69) is 36.0 Å². The fraction of sp³-hybridized carbons (Fsp3) is 0.917. The van der Waals surface area contributed by atoms with Crippen molar-refractivity contribution in [2.75, 3.05) is 26.2 Å². The summed E-state index contributed by atoms with van der Waals surface area (Å²) in [5.41, 5.74) is 5.78. The highest BCUT2D eigenvalue weighted by Gasteiger charge is 2.11. The van der Waals surface area contributed by atoms with Crippen LogP contribution >= 0.6 is 0 Å². The molecule has 1 rings (SSSR count). The molecule has 0 atom stereocenters. The van der Waals surface area contributed by atoms with Crippen molar-refractivity contribution in [3.05, 3.63) is 0 Å². The smallest absolute Gasteiger partial charge is 0.188 e. The number of likely N-dealkylation sites (tertiary alicyclic amines) is 1. The van der Waals surface area contributed by atoms with Crippen molar-refractivity contribution < 1.29 is 0 Å². The van der Waals surface area contributed by atoms with Gasteiger partial charge in [0.05, 0.1) is 0 Å². The van der Waals surface area contributed by atoms with Gasteiger partial charge >= 0.3 is 0 Å². The third kappa shape index (κ3) is 5.95. The Bertz CT molecular complexity index is 224. The number of nitrogens with one attached hydrogen (secondary N) is 1. The molecule has 1 heterocycles. The first-order valence-corrected chi connectivity index (χ1v) is 6.28. The van der Waals surface area contributed by atoms with E-state index in [1.165, 1.54) is 25.9 Å². The molecule has 0 aromatic heterocycles. The number of aliphatic imine (C=N–C) groups is 1. The quantitative estimate of drug-likeness (QED) is 0.430. The average Bonchev–Trinajstić information content (AvgIpc) is 2.62. The first-order chi connectivity index (χ1) is 7.47. The van der Waals surface area contributed by atoms with Gasteiger partial charge in [-0.2, -0.15) is 0 Å². The minimum atomic E-state index is 0.00252. The molecule has 0 spiro atoms. The van der Waals surface area contributed by atoms with Gasteiger partial charge in [-0.15, -0.1) is 0 Å². The molecule has 1 saturated heterocycles. The van der Waals surface area contributed by atoms with E-state index in [9.17, 15) is 0 Å². The van der Waals surface area contributed by atoms with Gasteiger partial charge in [0, 0.05) is 12.1 Å². The van der Waals surface area contributed by atoms with E-state index in [-0.39, 0.29) is 5.54 Å². The molecular formula is C12H26N4. The molecule has 0 radical (unpaired) electrons. The summed E-state index contributed by atoms with van der Waals surface area (Å²) in [6.45, 7) is 10.8. The van der Waals surface area contributed by atoms with Crippen molar-refractivity contribution in [1.82, 2.24) is 10.2 Å². The van der Waals surface area contributed by atoms with Gasteiger partial charge in [-0.25, -0.2) is 0 Å². The summed E-state index contributed by atoms with van der Waals surface area (Å²) in [5, 5.41) is 3.16. The maximum Gasteiger partial charge on any atom is 0.188 e. The van der Waals surface area contributed by atoms with Gasteiger partial charge in [0.2, 0.25) is 0 Å². The zero-order valence-electron chi connectivity index (χ0n) is 10.9. The second kappa shape index (κ2) is 6.09. The molecule has 0 amide bonds. The third-order valence-corrected chi connectivity index (χ3v) is 2.62. The summed E-state index contributed by atoms with van der Waals surface area (Å²) in [4.78, 5) is 6.83. The molecule has 0 aliphatic carbocycles. The number of guanidine groups is 1. The Hall–Kier alpha value is -0.770. The molecule has 1 aliphatic rings. The Kier molecular flexibility index (Phi) is 5.06. The lowest BCUT2D eigenvalue weighted by atomic mass is 10.1. The largest absolute Gasteiger partial charge is 0.370 e. The minimum Gasteiger partial charge on any atom is -0.370 e. The van der Waals surface area contributed by atoms with E-state index in [4.69, 9.17) is 5.73 Å². The second-order valence-electron chi connectivity index (χ2n) is 5.54. The van der Waals surface area contributed by atoms with Crippen molar-refractivity contribution in [1.29, 1.82) is 0 Å². The van der Waals surface area contributed by atoms with E-state index in [0.29, 0.717) is 5.96 Å². The van der Waals surface area contributed by atoms with Crippen molar-refractivity contribution in [2.45, 2.75) is 45.6 Å². The first kappa shape index (κ1) is 13.3. The van der Waals surface area contributed by atoms with Crippen LogP contribution in [-0.2, 0) is 0 Å². The lowest BCUT2D eigenvalue weighted by molar-refractivity contribution is 0.336. The summed E-state index contributed by atoms with van der Waals surface area (Å²) in [5.74, 6) is 0.564. The standard InChI is InChI=1S/C12H26N4/c1-12(2,3)15-11(13)14-7-6-10-16-8-4-5-9-16/h4-10H2,1-3H3,(H3,13,14,15). The summed E-state index contributed by atoms with van der Waals surface area (Å²) < 4.78 is 0. The molecule has 0 saturated carbocycles. The monoisotopic (exact) mass is 226 g/mol. The molecule has 0 aromatic carbocycles. The van der Waals surface area contributed by atoms with Crippen LogP contribution in [0, 0.1) is 0 Å². The van der Waals surface area contributed by atoms with Crippen molar-refractivity contribution in [3.8, 4) is 0 Å². The highest BCUT2D eigenvalue weighted by atomic mass is 15.1. The summed E-state index contributed by atoms with van der Waals surface area (Å²) in [7, 11) is 0. The Balaban J connectivity index is 2.10. The average molecular weight is 226 g/mol. The van der Waals surface area contributed by atoms with Gasteiger partial charge in [-0.1, -0.05) is 0 Å². The predicted molar refractivity (Wildman–Crippen MR) is 69.7 cm³/mol. The van der Waals surface area contributed by atoms with E-state index in [0.717, 1.165) is 19.5 Å². The van der Waals surface area contributed by atoms with E-state index in [1.54, 1.807) is 0 Å². The number of rotatable bonds is 4. The number of hydrogen-bond donors (Lipinski definition) is 2. The van der Waals surface area contributed by atoms with Crippen molar-refractivity contribution in [3.63, 3.8) is 0 Å². The van der Waals surface area contributed by atoms with Crippen molar-refractivity contribution >= 4 is 5.96 Å². The predicted octanol–water partition coefficient (Wildman–Crippen LogP) is 1.18. The molecule has 16 heavy (non-hydrogen) atoms. The highest BCUT2D eigenvalue weighted by Crippen LogP contribution is 2.07. The highest BCUT2D eigenvalue weighted by molar-refractivity contribution is 5.78. The molecule has 0 bridgehead atoms. The number of nitrogens with two attached hydrogens (primary N) is 1. The zero-order chi connectivity index (χ0) is 12.0. The van der Waals surface area contributed by atoms with Gasteiger partial charge in [0.25, 0.3) is 0 Å². The maximum atomic E-state index is 5.78. The van der Waals surface area contributed by atoms with E-state index in [1.807, 2.05) is 0 Å². The van der Waals surface area contributed by atoms with Crippen LogP contribution in [0.4, 0.5) is 0 Å². The summed E-state index contributed by atoms with van der Waals surface area (Å²) in [6.07, 6.45) is 3.82. The van der Waals surface area contributed by atoms with Crippen LogP contribution in [0.3, 0.4) is 0 Å². The second-order valence-corrected chi connectivity index (χ2v) is 5.54. The molecular weight excluding hydrogens is 200 g/mol. The Morgan fingerprint density at radius 1 is 1.31 bits per heavy atom. The molecule has 3 N–H and O–H groups in total. The number of hydrogen-bond acceptors (Lipinski definition) is 2. The summed E-state index contributed by atoms with van der Waals surface area (Å²) in [6, 6.07) is 0. The van der Waals surface area contributed by atoms with Gasteiger partial charge in [-0.3, -0.25) is 4.99 Å². The molecule has 94 valence electrons. The van der Waals surface area contributed by atoms with Gasteiger partial charge in [-0.05, 0) is 59.7 Å². The van der Waals surface area contributed by atoms with E-state index < -0.39 is 0 Å². The molecule has 0 unspecified atom stereocenters. The number of nitrogens with zero attached hydrogens (tertiary/aromatic N) is 2. The van der Waals surface area contributed by atoms with Crippen LogP contribution < -0.4 is 11.1 Å². The fourth-order valence-corrected chi connectivity index (χ4v) is 1.92. The molecule has 0 aromatic rings. The zero-order valence-corrected chi connectivity index (χ0v) is 10.9. The third-order valence-electron chi connectivity index (χ3n) is 2.62. The minimum absolute atomic E-state index is 0.00252. The Morgan fingerprint density at radius 3 is 2.50 bits per heavy atom. The van der Waals surface area contributed by atoms with Gasteiger partial charge in [0.15, 0.2) is 5.96 Å². The molecule has 4 nitrogen and oxygen atoms in total. The lowest BCUT2D eigenvalue weighted by Crippen LogP contribution is -2.45. The van der Waals surface area contributed by atoms with Crippen LogP contribution in [0.5, 0.6) is 0 Å². The Labute approximate surface area is 99.3 Å². The molecule has 4 heteroatoms. The fourth-order valence-electron chi connectivity index (χ4n) is 1.92. The first-order valence-electron chi connectivity index (χ1n) is 6.28. The van der Waals surface area contributed by atoms with Gasteiger partial charge < -0.3 is 16.0 Å². The van der Waals surface area contributed by atoms with Crippen LogP contribution in [0.1, 0.15) is 40.0 Å².